The van der Waals surface area contributed by atoms with E-state index in [0.717, 1.165) is 49.7 Å². The van der Waals surface area contributed by atoms with E-state index in [9.17, 15) is 0 Å². The van der Waals surface area contributed by atoms with Crippen molar-refractivity contribution in [2.75, 3.05) is 37.6 Å². The lowest BCUT2D eigenvalue weighted by Crippen LogP contribution is -2.46. The predicted molar refractivity (Wildman–Crippen MR) is 113 cm³/mol. The van der Waals surface area contributed by atoms with E-state index in [1.807, 2.05) is 31.3 Å². The Morgan fingerprint density at radius 3 is 2.66 bits per heavy atom. The second kappa shape index (κ2) is 8.67. The lowest BCUT2D eigenvalue weighted by molar-refractivity contribution is 0.284. The summed E-state index contributed by atoms with van der Waals surface area (Å²) in [6.07, 6.45) is 9.59. The van der Waals surface area contributed by atoms with Gasteiger partial charge in [0.1, 0.15) is 0 Å². The zero-order valence-corrected chi connectivity index (χ0v) is 16.4. The van der Waals surface area contributed by atoms with Gasteiger partial charge >= 0.3 is 0 Å². The Balaban J connectivity index is 1.32. The lowest BCUT2D eigenvalue weighted by Gasteiger charge is -2.35. The molecule has 3 aromatic rings. The van der Waals surface area contributed by atoms with Gasteiger partial charge in [-0.15, -0.1) is 0 Å². The van der Waals surface area contributed by atoms with Crippen molar-refractivity contribution >= 4 is 11.8 Å². The summed E-state index contributed by atoms with van der Waals surface area (Å²) < 4.78 is 1.76. The van der Waals surface area contributed by atoms with Crippen LogP contribution >= 0.6 is 0 Å². The SMILES string of the molecule is Cc1c(C=CCN2CCN(c3cccc(C#N)c3)CC2)cnn1-c1ncccn1. The van der Waals surface area contributed by atoms with E-state index in [4.69, 9.17) is 5.26 Å². The Morgan fingerprint density at radius 2 is 1.90 bits per heavy atom. The van der Waals surface area contributed by atoms with Crippen LogP contribution in [-0.2, 0) is 0 Å². The quantitative estimate of drug-likeness (QED) is 0.672. The Kier molecular flexibility index (Phi) is 5.63. The van der Waals surface area contributed by atoms with Crippen LogP contribution in [0.5, 0.6) is 0 Å². The van der Waals surface area contributed by atoms with Gasteiger partial charge in [-0.25, -0.2) is 14.6 Å². The van der Waals surface area contributed by atoms with Crippen LogP contribution in [0, 0.1) is 18.3 Å². The number of anilines is 1. The van der Waals surface area contributed by atoms with E-state index < -0.39 is 0 Å². The highest BCUT2D eigenvalue weighted by atomic mass is 15.3. The van der Waals surface area contributed by atoms with Crippen LogP contribution in [0.2, 0.25) is 0 Å². The maximum absolute atomic E-state index is 9.08. The molecule has 1 aliphatic heterocycles. The Bertz CT molecular complexity index is 1020. The van der Waals surface area contributed by atoms with Crippen molar-refractivity contribution in [1.82, 2.24) is 24.6 Å². The van der Waals surface area contributed by atoms with Gasteiger partial charge in [-0.1, -0.05) is 18.2 Å². The van der Waals surface area contributed by atoms with Crippen molar-refractivity contribution in [3.8, 4) is 12.0 Å². The number of nitriles is 1. The van der Waals surface area contributed by atoms with Gasteiger partial charge in [-0.05, 0) is 31.2 Å². The fraction of sp³-hybridized carbons (Fsp3) is 0.273. The molecular formula is C22H23N7. The highest BCUT2D eigenvalue weighted by Crippen LogP contribution is 2.18. The lowest BCUT2D eigenvalue weighted by atomic mass is 10.2. The monoisotopic (exact) mass is 385 g/mol. The minimum absolute atomic E-state index is 0.584. The molecule has 7 heteroatoms. The molecular weight excluding hydrogens is 362 g/mol. The van der Waals surface area contributed by atoms with Crippen molar-refractivity contribution in [2.24, 2.45) is 0 Å². The molecule has 146 valence electrons. The third kappa shape index (κ3) is 4.33. The predicted octanol–water partition coefficient (Wildman–Crippen LogP) is 2.68. The molecule has 1 aromatic carbocycles. The van der Waals surface area contributed by atoms with Crippen molar-refractivity contribution in [2.45, 2.75) is 6.92 Å². The first-order chi connectivity index (χ1) is 14.2. The summed E-state index contributed by atoms with van der Waals surface area (Å²) in [5, 5.41) is 13.5. The normalized spacial score (nSPS) is 15.0. The molecule has 4 rings (SSSR count). The van der Waals surface area contributed by atoms with Crippen LogP contribution in [-0.4, -0.2) is 57.4 Å². The van der Waals surface area contributed by atoms with Crippen LogP contribution in [0.4, 0.5) is 5.69 Å². The molecule has 0 saturated carbocycles. The first kappa shape index (κ1) is 18.8. The Hall–Kier alpha value is -3.50. The molecule has 0 N–H and O–H groups in total. The number of hydrogen-bond acceptors (Lipinski definition) is 6. The van der Waals surface area contributed by atoms with Crippen molar-refractivity contribution in [3.05, 3.63) is 71.8 Å². The molecule has 0 radical (unpaired) electrons. The van der Waals surface area contributed by atoms with Crippen LogP contribution in [0.3, 0.4) is 0 Å². The number of piperazine rings is 1. The average Bonchev–Trinajstić information content (AvgIpc) is 3.15. The third-order valence-corrected chi connectivity index (χ3v) is 5.16. The van der Waals surface area contributed by atoms with Crippen LogP contribution in [0.25, 0.3) is 12.0 Å². The van der Waals surface area contributed by atoms with Crippen LogP contribution in [0.1, 0.15) is 16.8 Å². The second-order valence-corrected chi connectivity index (χ2v) is 7.00. The summed E-state index contributed by atoms with van der Waals surface area (Å²) in [5.41, 5.74) is 3.94. The maximum Gasteiger partial charge on any atom is 0.250 e. The van der Waals surface area contributed by atoms with Crippen LogP contribution < -0.4 is 4.90 Å². The smallest absolute Gasteiger partial charge is 0.250 e. The molecule has 0 aliphatic carbocycles. The minimum Gasteiger partial charge on any atom is -0.369 e. The van der Waals surface area contributed by atoms with E-state index in [2.05, 4.69) is 49.2 Å². The molecule has 0 unspecified atom stereocenters. The van der Waals surface area contributed by atoms with Gasteiger partial charge in [0, 0.05) is 56.4 Å². The number of nitrogens with zero attached hydrogens (tertiary/aromatic N) is 7. The molecule has 1 aliphatic rings. The fourth-order valence-electron chi connectivity index (χ4n) is 3.48. The van der Waals surface area contributed by atoms with Crippen molar-refractivity contribution in [3.63, 3.8) is 0 Å². The maximum atomic E-state index is 9.08. The molecule has 1 saturated heterocycles. The standard InChI is InChI=1S/C22H23N7/c1-18-20(17-26-29(18)22-24-8-4-9-25-22)6-3-10-27-11-13-28(14-12-27)21-7-2-5-19(15-21)16-23/h2-9,15,17H,10-14H2,1H3. The molecule has 0 atom stereocenters. The number of benzene rings is 1. The van der Waals surface area contributed by atoms with E-state index in [1.54, 1.807) is 23.1 Å². The summed E-state index contributed by atoms with van der Waals surface area (Å²) >= 11 is 0. The largest absolute Gasteiger partial charge is 0.369 e. The first-order valence-corrected chi connectivity index (χ1v) is 9.70. The van der Waals surface area contributed by atoms with Gasteiger partial charge in [-0.2, -0.15) is 10.4 Å². The van der Waals surface area contributed by atoms with E-state index in [0.29, 0.717) is 11.5 Å². The molecule has 1 fully saturated rings. The molecule has 3 heterocycles. The number of rotatable bonds is 5. The summed E-state index contributed by atoms with van der Waals surface area (Å²) in [6.45, 7) is 6.85. The van der Waals surface area contributed by atoms with Crippen molar-refractivity contribution in [1.29, 1.82) is 5.26 Å². The highest BCUT2D eigenvalue weighted by molar-refractivity contribution is 5.53. The summed E-state index contributed by atoms with van der Waals surface area (Å²) in [5.74, 6) is 0.584. The molecule has 7 nitrogen and oxygen atoms in total. The van der Waals surface area contributed by atoms with Gasteiger partial charge in [0.25, 0.3) is 5.95 Å². The molecule has 0 spiro atoms. The van der Waals surface area contributed by atoms with Gasteiger partial charge in [0.2, 0.25) is 0 Å². The molecule has 0 amide bonds. The fourth-order valence-corrected chi connectivity index (χ4v) is 3.48. The Morgan fingerprint density at radius 1 is 1.10 bits per heavy atom. The van der Waals surface area contributed by atoms with E-state index in [1.165, 1.54) is 0 Å². The number of aromatic nitrogens is 4. The summed E-state index contributed by atoms with van der Waals surface area (Å²) in [7, 11) is 0. The van der Waals surface area contributed by atoms with Gasteiger partial charge in [-0.3, -0.25) is 4.90 Å². The third-order valence-electron chi connectivity index (χ3n) is 5.16. The van der Waals surface area contributed by atoms with Crippen molar-refractivity contribution < 1.29 is 0 Å². The molecule has 0 bridgehead atoms. The van der Waals surface area contributed by atoms with E-state index in [-0.39, 0.29) is 0 Å². The molecule has 29 heavy (non-hydrogen) atoms. The second-order valence-electron chi connectivity index (χ2n) is 7.00. The van der Waals surface area contributed by atoms with Gasteiger partial charge < -0.3 is 4.90 Å². The van der Waals surface area contributed by atoms with E-state index >= 15 is 0 Å². The highest BCUT2D eigenvalue weighted by Gasteiger charge is 2.16. The number of hydrogen-bond donors (Lipinski definition) is 0. The summed E-state index contributed by atoms with van der Waals surface area (Å²) in [4.78, 5) is 13.3. The average molecular weight is 385 g/mol. The first-order valence-electron chi connectivity index (χ1n) is 9.70. The Labute approximate surface area is 170 Å². The zero-order chi connectivity index (χ0) is 20.1. The summed E-state index contributed by atoms with van der Waals surface area (Å²) in [6, 6.07) is 11.8. The van der Waals surface area contributed by atoms with Crippen LogP contribution in [0.15, 0.2) is 55.0 Å². The topological polar surface area (TPSA) is 73.9 Å². The van der Waals surface area contributed by atoms with Gasteiger partial charge in [0.15, 0.2) is 0 Å². The molecule has 2 aromatic heterocycles. The minimum atomic E-state index is 0.584. The zero-order valence-electron chi connectivity index (χ0n) is 16.4. The van der Waals surface area contributed by atoms with Gasteiger partial charge in [0.05, 0.1) is 23.5 Å².